The zero-order valence-electron chi connectivity index (χ0n) is 10.7. The first-order valence-corrected chi connectivity index (χ1v) is 6.18. The molecule has 0 heterocycles. The highest BCUT2D eigenvalue weighted by molar-refractivity contribution is 5.73. The van der Waals surface area contributed by atoms with Crippen molar-refractivity contribution in [3.8, 4) is 5.75 Å². The molecule has 0 bridgehead atoms. The average molecular weight is 251 g/mol. The Kier molecular flexibility index (Phi) is 5.84. The van der Waals surface area contributed by atoms with E-state index in [4.69, 9.17) is 16.2 Å². The van der Waals surface area contributed by atoms with Crippen molar-refractivity contribution in [2.45, 2.75) is 26.2 Å². The van der Waals surface area contributed by atoms with E-state index in [2.05, 4.69) is 5.32 Å². The van der Waals surface area contributed by atoms with E-state index in [1.165, 1.54) is 0 Å². The van der Waals surface area contributed by atoms with Crippen molar-refractivity contribution in [1.29, 1.82) is 0 Å². The number of carbonyl (C=O) groups is 1. The number of amides is 1. The minimum absolute atomic E-state index is 0.249. The number of primary amides is 1. The molecule has 1 aromatic carbocycles. The molecule has 0 fully saturated rings. The minimum atomic E-state index is -0.249. The number of hydrogen-bond donors (Lipinski definition) is 3. The summed E-state index contributed by atoms with van der Waals surface area (Å²) in [4.78, 5) is 10.6. The van der Waals surface area contributed by atoms with Gasteiger partial charge in [0, 0.05) is 24.7 Å². The maximum atomic E-state index is 10.6. The Labute approximate surface area is 107 Å². The van der Waals surface area contributed by atoms with Crippen LogP contribution < -0.4 is 21.5 Å². The number of ether oxygens (including phenoxy) is 1. The predicted molar refractivity (Wildman–Crippen MR) is 73.6 cm³/mol. The molecule has 0 aliphatic heterocycles. The SMILES string of the molecule is CCOc1cc(NCCCCC(N)=O)ccc1N. The van der Waals surface area contributed by atoms with E-state index in [1.54, 1.807) is 0 Å². The molecular weight excluding hydrogens is 230 g/mol. The van der Waals surface area contributed by atoms with Gasteiger partial charge in [-0.2, -0.15) is 0 Å². The fourth-order valence-electron chi connectivity index (χ4n) is 1.58. The molecule has 18 heavy (non-hydrogen) atoms. The van der Waals surface area contributed by atoms with Crippen LogP contribution in [-0.2, 0) is 4.79 Å². The smallest absolute Gasteiger partial charge is 0.217 e. The van der Waals surface area contributed by atoms with Gasteiger partial charge in [0.2, 0.25) is 5.91 Å². The molecule has 100 valence electrons. The Bertz CT molecular complexity index is 394. The first-order chi connectivity index (χ1) is 8.63. The summed E-state index contributed by atoms with van der Waals surface area (Å²) >= 11 is 0. The largest absolute Gasteiger partial charge is 0.492 e. The van der Waals surface area contributed by atoms with Crippen LogP contribution in [0.25, 0.3) is 0 Å². The van der Waals surface area contributed by atoms with Crippen LogP contribution in [0.3, 0.4) is 0 Å². The summed E-state index contributed by atoms with van der Waals surface area (Å²) in [6, 6.07) is 5.61. The van der Waals surface area contributed by atoms with Crippen molar-refractivity contribution < 1.29 is 9.53 Å². The van der Waals surface area contributed by atoms with E-state index in [0.29, 0.717) is 24.5 Å². The maximum absolute atomic E-state index is 10.6. The van der Waals surface area contributed by atoms with Crippen molar-refractivity contribution in [2.75, 3.05) is 24.2 Å². The van der Waals surface area contributed by atoms with Crippen LogP contribution in [0, 0.1) is 0 Å². The topological polar surface area (TPSA) is 90.4 Å². The average Bonchev–Trinajstić information content (AvgIpc) is 2.32. The van der Waals surface area contributed by atoms with Gasteiger partial charge >= 0.3 is 0 Å². The summed E-state index contributed by atoms with van der Waals surface area (Å²) in [6.45, 7) is 3.30. The second kappa shape index (κ2) is 7.42. The van der Waals surface area contributed by atoms with Gasteiger partial charge in [-0.1, -0.05) is 0 Å². The number of nitrogen functional groups attached to an aromatic ring is 1. The number of anilines is 2. The summed E-state index contributed by atoms with van der Waals surface area (Å²) in [5, 5.41) is 3.26. The third-order valence-electron chi connectivity index (χ3n) is 2.49. The van der Waals surface area contributed by atoms with Crippen molar-refractivity contribution in [3.05, 3.63) is 18.2 Å². The Balaban J connectivity index is 2.38. The minimum Gasteiger partial charge on any atom is -0.492 e. The lowest BCUT2D eigenvalue weighted by molar-refractivity contribution is -0.118. The monoisotopic (exact) mass is 251 g/mol. The van der Waals surface area contributed by atoms with Crippen LogP contribution >= 0.6 is 0 Å². The lowest BCUT2D eigenvalue weighted by Gasteiger charge is -2.10. The molecule has 5 N–H and O–H groups in total. The fraction of sp³-hybridized carbons (Fsp3) is 0.462. The molecule has 1 amide bonds. The second-order valence-electron chi connectivity index (χ2n) is 4.04. The van der Waals surface area contributed by atoms with Gasteiger partial charge in [-0.05, 0) is 31.9 Å². The Morgan fingerprint density at radius 1 is 1.39 bits per heavy atom. The zero-order valence-corrected chi connectivity index (χ0v) is 10.7. The van der Waals surface area contributed by atoms with Crippen LogP contribution in [0.15, 0.2) is 18.2 Å². The highest BCUT2D eigenvalue weighted by atomic mass is 16.5. The number of unbranched alkanes of at least 4 members (excludes halogenated alkanes) is 1. The predicted octanol–water partition coefficient (Wildman–Crippen LogP) is 1.73. The van der Waals surface area contributed by atoms with Gasteiger partial charge in [-0.3, -0.25) is 4.79 Å². The Morgan fingerprint density at radius 2 is 2.17 bits per heavy atom. The summed E-state index contributed by atoms with van der Waals surface area (Å²) < 4.78 is 5.41. The van der Waals surface area contributed by atoms with Gasteiger partial charge < -0.3 is 21.5 Å². The van der Waals surface area contributed by atoms with E-state index in [0.717, 1.165) is 25.1 Å². The number of nitrogens with two attached hydrogens (primary N) is 2. The third-order valence-corrected chi connectivity index (χ3v) is 2.49. The molecule has 0 saturated carbocycles. The van der Waals surface area contributed by atoms with Crippen molar-refractivity contribution in [3.63, 3.8) is 0 Å². The second-order valence-corrected chi connectivity index (χ2v) is 4.04. The van der Waals surface area contributed by atoms with Gasteiger partial charge in [0.05, 0.1) is 12.3 Å². The maximum Gasteiger partial charge on any atom is 0.217 e. The van der Waals surface area contributed by atoms with Crippen LogP contribution in [-0.4, -0.2) is 19.1 Å². The molecule has 1 aromatic rings. The van der Waals surface area contributed by atoms with Crippen LogP contribution in [0.2, 0.25) is 0 Å². The van der Waals surface area contributed by atoms with Crippen LogP contribution in [0.4, 0.5) is 11.4 Å². The molecule has 5 heteroatoms. The third kappa shape index (κ3) is 4.95. The van der Waals surface area contributed by atoms with Gasteiger partial charge in [-0.15, -0.1) is 0 Å². The standard InChI is InChI=1S/C13H21N3O2/c1-2-18-12-9-10(6-7-11(12)14)16-8-4-3-5-13(15)17/h6-7,9,16H,2-5,8,14H2,1H3,(H2,15,17). The quantitative estimate of drug-likeness (QED) is 0.485. The van der Waals surface area contributed by atoms with Gasteiger partial charge in [0.1, 0.15) is 5.75 Å². The van der Waals surface area contributed by atoms with Gasteiger partial charge in [0.15, 0.2) is 0 Å². The Hall–Kier alpha value is -1.91. The molecule has 0 aliphatic carbocycles. The summed E-state index contributed by atoms with van der Waals surface area (Å²) in [6.07, 6.45) is 2.14. The summed E-state index contributed by atoms with van der Waals surface area (Å²) in [7, 11) is 0. The normalized spacial score (nSPS) is 10.1. The summed E-state index contributed by atoms with van der Waals surface area (Å²) in [5.41, 5.74) is 12.4. The van der Waals surface area contributed by atoms with Gasteiger partial charge in [0.25, 0.3) is 0 Å². The van der Waals surface area contributed by atoms with Crippen molar-refractivity contribution in [1.82, 2.24) is 0 Å². The molecule has 0 atom stereocenters. The van der Waals surface area contributed by atoms with Crippen molar-refractivity contribution in [2.24, 2.45) is 5.73 Å². The van der Waals surface area contributed by atoms with Gasteiger partial charge in [-0.25, -0.2) is 0 Å². The van der Waals surface area contributed by atoms with Crippen LogP contribution in [0.1, 0.15) is 26.2 Å². The molecular formula is C13H21N3O2. The molecule has 0 spiro atoms. The van der Waals surface area contributed by atoms with E-state index in [-0.39, 0.29) is 5.91 Å². The Morgan fingerprint density at radius 3 is 2.83 bits per heavy atom. The van der Waals surface area contributed by atoms with E-state index < -0.39 is 0 Å². The fourth-order valence-corrected chi connectivity index (χ4v) is 1.58. The van der Waals surface area contributed by atoms with Crippen molar-refractivity contribution >= 4 is 17.3 Å². The molecule has 0 aliphatic rings. The number of carbonyl (C=O) groups excluding carboxylic acids is 1. The van der Waals surface area contributed by atoms with E-state index in [9.17, 15) is 4.79 Å². The molecule has 0 aromatic heterocycles. The highest BCUT2D eigenvalue weighted by Crippen LogP contribution is 2.25. The number of nitrogens with one attached hydrogen (secondary N) is 1. The highest BCUT2D eigenvalue weighted by Gasteiger charge is 2.01. The molecule has 0 unspecified atom stereocenters. The zero-order chi connectivity index (χ0) is 13.4. The van der Waals surface area contributed by atoms with E-state index >= 15 is 0 Å². The number of rotatable bonds is 8. The number of benzene rings is 1. The lowest BCUT2D eigenvalue weighted by atomic mass is 10.2. The lowest BCUT2D eigenvalue weighted by Crippen LogP contribution is -2.11. The van der Waals surface area contributed by atoms with Crippen LogP contribution in [0.5, 0.6) is 5.75 Å². The summed E-state index contributed by atoms with van der Waals surface area (Å²) in [5.74, 6) is 0.445. The molecule has 5 nitrogen and oxygen atoms in total. The molecule has 1 rings (SSSR count). The molecule has 0 saturated heterocycles. The first kappa shape index (κ1) is 14.2. The molecule has 0 radical (unpaired) electrons. The number of hydrogen-bond acceptors (Lipinski definition) is 4. The first-order valence-electron chi connectivity index (χ1n) is 6.18. The van der Waals surface area contributed by atoms with E-state index in [1.807, 2.05) is 25.1 Å².